The maximum atomic E-state index is 12.1. The van der Waals surface area contributed by atoms with Gasteiger partial charge in [0.2, 0.25) is 0 Å². The molecule has 0 amide bonds. The standard InChI is InChI=1S/C20H22N4O4S/c1-12(2)15-5-7-16(8-6-15)20-21-17(11-29-20)10-28-18(25)9-23-14(4)19(24(26)27)13(3)22-23/h5-8,11-12H,9-10H2,1-4H3. The lowest BCUT2D eigenvalue weighted by Crippen LogP contribution is -2.15. The Morgan fingerprint density at radius 2 is 1.97 bits per heavy atom. The van der Waals surface area contributed by atoms with E-state index < -0.39 is 10.9 Å². The number of rotatable bonds is 7. The Labute approximate surface area is 172 Å². The molecule has 0 unspecified atom stereocenters. The van der Waals surface area contributed by atoms with Gasteiger partial charge in [0.1, 0.15) is 29.5 Å². The first-order valence-electron chi connectivity index (χ1n) is 9.15. The number of nitrogens with zero attached hydrogens (tertiary/aromatic N) is 4. The van der Waals surface area contributed by atoms with Crippen molar-refractivity contribution in [3.8, 4) is 10.6 Å². The summed E-state index contributed by atoms with van der Waals surface area (Å²) in [6.45, 7) is 7.25. The molecule has 0 saturated heterocycles. The van der Waals surface area contributed by atoms with E-state index in [1.54, 1.807) is 6.92 Å². The minimum Gasteiger partial charge on any atom is -0.458 e. The fraction of sp³-hybridized carbons (Fsp3) is 0.350. The summed E-state index contributed by atoms with van der Waals surface area (Å²) in [6.07, 6.45) is 0. The van der Waals surface area contributed by atoms with E-state index in [1.807, 2.05) is 17.5 Å². The van der Waals surface area contributed by atoms with Gasteiger partial charge < -0.3 is 4.74 Å². The van der Waals surface area contributed by atoms with Crippen molar-refractivity contribution in [1.29, 1.82) is 0 Å². The normalized spacial score (nSPS) is 11.1. The zero-order valence-corrected chi connectivity index (χ0v) is 17.5. The summed E-state index contributed by atoms with van der Waals surface area (Å²) >= 11 is 1.49. The third-order valence-corrected chi connectivity index (χ3v) is 5.50. The number of nitro groups is 1. The predicted octanol–water partition coefficient (Wildman–Crippen LogP) is 4.40. The molecule has 0 aliphatic heterocycles. The van der Waals surface area contributed by atoms with Gasteiger partial charge in [-0.2, -0.15) is 5.10 Å². The largest absolute Gasteiger partial charge is 0.458 e. The minimum atomic E-state index is -0.527. The van der Waals surface area contributed by atoms with Crippen LogP contribution in [-0.2, 0) is 22.7 Å². The third-order valence-electron chi connectivity index (χ3n) is 4.56. The maximum absolute atomic E-state index is 12.1. The van der Waals surface area contributed by atoms with Gasteiger partial charge in [0.25, 0.3) is 0 Å². The van der Waals surface area contributed by atoms with Crippen molar-refractivity contribution in [2.45, 2.75) is 46.8 Å². The van der Waals surface area contributed by atoms with Crippen molar-refractivity contribution in [1.82, 2.24) is 14.8 Å². The maximum Gasteiger partial charge on any atom is 0.328 e. The Hall–Kier alpha value is -3.07. The van der Waals surface area contributed by atoms with Crippen LogP contribution in [0.2, 0.25) is 0 Å². The van der Waals surface area contributed by atoms with E-state index >= 15 is 0 Å². The summed E-state index contributed by atoms with van der Waals surface area (Å²) in [6, 6.07) is 8.27. The smallest absolute Gasteiger partial charge is 0.328 e. The van der Waals surface area contributed by atoms with Crippen molar-refractivity contribution >= 4 is 23.0 Å². The number of ether oxygens (including phenoxy) is 1. The molecule has 2 aromatic heterocycles. The second-order valence-corrected chi connectivity index (χ2v) is 7.87. The predicted molar refractivity (Wildman–Crippen MR) is 110 cm³/mol. The number of benzene rings is 1. The van der Waals surface area contributed by atoms with Crippen LogP contribution in [0.4, 0.5) is 5.69 Å². The topological polar surface area (TPSA) is 100 Å². The molecular weight excluding hydrogens is 392 g/mol. The van der Waals surface area contributed by atoms with Crippen LogP contribution in [0.15, 0.2) is 29.6 Å². The highest BCUT2D eigenvalue weighted by atomic mass is 32.1. The Balaban J connectivity index is 1.60. The summed E-state index contributed by atoms with van der Waals surface area (Å²) in [5.74, 6) is -0.0553. The highest BCUT2D eigenvalue weighted by molar-refractivity contribution is 7.13. The van der Waals surface area contributed by atoms with Gasteiger partial charge in [-0.25, -0.2) is 4.98 Å². The van der Waals surface area contributed by atoms with Gasteiger partial charge in [-0.1, -0.05) is 38.1 Å². The lowest BCUT2D eigenvalue weighted by atomic mass is 10.0. The zero-order valence-electron chi connectivity index (χ0n) is 16.7. The number of aryl methyl sites for hydroxylation is 1. The molecule has 0 spiro atoms. The number of hydrogen-bond donors (Lipinski definition) is 0. The number of esters is 1. The molecule has 152 valence electrons. The van der Waals surface area contributed by atoms with Crippen molar-refractivity contribution in [2.24, 2.45) is 0 Å². The molecule has 0 aliphatic rings. The summed E-state index contributed by atoms with van der Waals surface area (Å²) in [5, 5.41) is 17.8. The first-order valence-corrected chi connectivity index (χ1v) is 10.0. The van der Waals surface area contributed by atoms with Crippen LogP contribution in [0.3, 0.4) is 0 Å². The molecule has 2 heterocycles. The van der Waals surface area contributed by atoms with Crippen LogP contribution in [0.5, 0.6) is 0 Å². The lowest BCUT2D eigenvalue weighted by Gasteiger charge is -2.05. The van der Waals surface area contributed by atoms with Crippen molar-refractivity contribution in [3.63, 3.8) is 0 Å². The molecule has 0 radical (unpaired) electrons. The van der Waals surface area contributed by atoms with E-state index in [0.29, 0.717) is 17.3 Å². The molecular formula is C20H22N4O4S. The minimum absolute atomic E-state index is 0.0425. The molecule has 3 rings (SSSR count). The summed E-state index contributed by atoms with van der Waals surface area (Å²) < 4.78 is 6.56. The summed E-state index contributed by atoms with van der Waals surface area (Å²) in [4.78, 5) is 27.2. The first kappa shape index (κ1) is 20.7. The molecule has 0 fully saturated rings. The van der Waals surface area contributed by atoms with E-state index in [4.69, 9.17) is 4.74 Å². The number of carbonyl (C=O) groups is 1. The fourth-order valence-electron chi connectivity index (χ4n) is 2.94. The van der Waals surface area contributed by atoms with Gasteiger partial charge in [0.05, 0.1) is 10.6 Å². The van der Waals surface area contributed by atoms with Crippen LogP contribution in [0, 0.1) is 24.0 Å². The van der Waals surface area contributed by atoms with Gasteiger partial charge in [0, 0.05) is 10.9 Å². The molecule has 3 aromatic rings. The number of carbonyl (C=O) groups excluding carboxylic acids is 1. The average molecular weight is 414 g/mol. The molecule has 0 aliphatic carbocycles. The van der Waals surface area contributed by atoms with Gasteiger partial charge in [-0.15, -0.1) is 11.3 Å². The van der Waals surface area contributed by atoms with E-state index in [-0.39, 0.29) is 24.5 Å². The number of thiazole rings is 1. The lowest BCUT2D eigenvalue weighted by molar-refractivity contribution is -0.386. The quantitative estimate of drug-likeness (QED) is 0.323. The third kappa shape index (κ3) is 4.68. The van der Waals surface area contributed by atoms with Crippen molar-refractivity contribution in [3.05, 3.63) is 62.4 Å². The van der Waals surface area contributed by atoms with E-state index in [9.17, 15) is 14.9 Å². The average Bonchev–Trinajstić information content (AvgIpc) is 3.24. The Morgan fingerprint density at radius 3 is 2.55 bits per heavy atom. The molecule has 0 N–H and O–H groups in total. The molecule has 0 saturated carbocycles. The summed E-state index contributed by atoms with van der Waals surface area (Å²) in [5.41, 5.74) is 3.46. The van der Waals surface area contributed by atoms with Crippen LogP contribution < -0.4 is 0 Å². The molecule has 9 heteroatoms. The molecule has 0 atom stereocenters. The SMILES string of the molecule is Cc1nn(CC(=O)OCc2csc(-c3ccc(C(C)C)cc3)n2)c(C)c1[N+](=O)[O-]. The highest BCUT2D eigenvalue weighted by Gasteiger charge is 2.23. The highest BCUT2D eigenvalue weighted by Crippen LogP contribution is 2.26. The Bertz CT molecular complexity index is 1040. The second kappa shape index (κ2) is 8.52. The molecule has 8 nitrogen and oxygen atoms in total. The Kier molecular flexibility index (Phi) is 6.07. The zero-order chi connectivity index (χ0) is 21.1. The number of hydrogen-bond acceptors (Lipinski definition) is 7. The first-order chi connectivity index (χ1) is 13.8. The van der Waals surface area contributed by atoms with E-state index in [1.165, 1.54) is 28.5 Å². The van der Waals surface area contributed by atoms with Gasteiger partial charge >= 0.3 is 11.7 Å². The molecule has 1 aromatic carbocycles. The van der Waals surface area contributed by atoms with Gasteiger partial charge in [0.15, 0.2) is 0 Å². The van der Waals surface area contributed by atoms with Crippen molar-refractivity contribution in [2.75, 3.05) is 0 Å². The Morgan fingerprint density at radius 1 is 1.28 bits per heavy atom. The van der Waals surface area contributed by atoms with E-state index in [0.717, 1.165) is 10.6 Å². The fourth-order valence-corrected chi connectivity index (χ4v) is 3.75. The summed E-state index contributed by atoms with van der Waals surface area (Å²) in [7, 11) is 0. The molecule has 29 heavy (non-hydrogen) atoms. The van der Waals surface area contributed by atoms with Gasteiger partial charge in [-0.3, -0.25) is 19.6 Å². The van der Waals surface area contributed by atoms with Crippen LogP contribution in [-0.4, -0.2) is 25.7 Å². The molecule has 0 bridgehead atoms. The van der Waals surface area contributed by atoms with Crippen molar-refractivity contribution < 1.29 is 14.5 Å². The van der Waals surface area contributed by atoms with Crippen LogP contribution in [0.25, 0.3) is 10.6 Å². The monoisotopic (exact) mass is 414 g/mol. The van der Waals surface area contributed by atoms with Crippen LogP contribution >= 0.6 is 11.3 Å². The number of aromatic nitrogens is 3. The second-order valence-electron chi connectivity index (χ2n) is 7.02. The van der Waals surface area contributed by atoms with E-state index in [2.05, 4.69) is 36.1 Å². The van der Waals surface area contributed by atoms with Gasteiger partial charge in [-0.05, 0) is 25.3 Å². The van der Waals surface area contributed by atoms with Crippen LogP contribution in [0.1, 0.15) is 42.4 Å².